The summed E-state index contributed by atoms with van der Waals surface area (Å²) in [7, 11) is 0. The van der Waals surface area contributed by atoms with Gasteiger partial charge in [-0.3, -0.25) is 0 Å². The number of halogens is 2. The molecule has 2 aliphatic carbocycles. The van der Waals surface area contributed by atoms with Gasteiger partial charge in [0.25, 0.3) is 0 Å². The quantitative estimate of drug-likeness (QED) is 0.686. The number of hydrogen-bond acceptors (Lipinski definition) is 7. The molecule has 2 bridgehead atoms. The Morgan fingerprint density at radius 3 is 2.41 bits per heavy atom. The van der Waals surface area contributed by atoms with E-state index in [9.17, 15) is 13.9 Å². The van der Waals surface area contributed by atoms with Crippen molar-refractivity contribution in [2.45, 2.75) is 37.7 Å². The van der Waals surface area contributed by atoms with Crippen molar-refractivity contribution in [3.63, 3.8) is 0 Å². The molecule has 1 unspecified atom stereocenters. The zero-order valence-electron chi connectivity index (χ0n) is 15.3. The number of benzene rings is 1. The first-order valence-corrected chi connectivity index (χ1v) is 10.4. The summed E-state index contributed by atoms with van der Waals surface area (Å²) in [5.74, 6) is -0.159. The highest BCUT2D eigenvalue weighted by Crippen LogP contribution is 2.46. The van der Waals surface area contributed by atoms with E-state index < -0.39 is 18.4 Å². The Kier molecular flexibility index (Phi) is 4.61. The van der Waals surface area contributed by atoms with Crippen LogP contribution in [0.2, 0.25) is 0 Å². The SMILES string of the molecule is Oc1cc(-c2nncs2)ccc1-c1ccc(OC2[C@@H](F)[C@@H]3CC[C@@H](C3)[C@H]2F)nn1. The highest BCUT2D eigenvalue weighted by atomic mass is 32.1. The molecule has 0 radical (unpaired) electrons. The fourth-order valence-electron chi connectivity index (χ4n) is 4.32. The van der Waals surface area contributed by atoms with Gasteiger partial charge >= 0.3 is 0 Å². The third-order valence-corrected chi connectivity index (χ3v) is 6.56. The van der Waals surface area contributed by atoms with Crippen molar-refractivity contribution in [2.75, 3.05) is 0 Å². The maximum absolute atomic E-state index is 14.6. The van der Waals surface area contributed by atoms with Gasteiger partial charge in [-0.25, -0.2) is 8.78 Å². The summed E-state index contributed by atoms with van der Waals surface area (Å²) < 4.78 is 34.7. The van der Waals surface area contributed by atoms with Gasteiger partial charge in [0.05, 0.1) is 5.69 Å². The number of fused-ring (bicyclic) bond motifs is 2. The van der Waals surface area contributed by atoms with Crippen LogP contribution in [-0.4, -0.2) is 43.9 Å². The number of phenols is 1. The zero-order chi connectivity index (χ0) is 20.0. The molecule has 5 atom stereocenters. The first-order valence-electron chi connectivity index (χ1n) is 9.48. The topological polar surface area (TPSA) is 81.0 Å². The van der Waals surface area contributed by atoms with Crippen LogP contribution in [0.3, 0.4) is 0 Å². The molecule has 2 heterocycles. The van der Waals surface area contributed by atoms with Gasteiger partial charge in [-0.2, -0.15) is 0 Å². The fourth-order valence-corrected chi connectivity index (χ4v) is 4.87. The third kappa shape index (κ3) is 3.33. The second-order valence-corrected chi connectivity index (χ2v) is 8.37. The van der Waals surface area contributed by atoms with E-state index in [1.807, 2.05) is 0 Å². The average Bonchev–Trinajstić information content (AvgIpc) is 3.42. The summed E-state index contributed by atoms with van der Waals surface area (Å²) in [6.07, 6.45) is -1.78. The molecule has 0 spiro atoms. The molecule has 2 aliphatic rings. The van der Waals surface area contributed by atoms with E-state index in [4.69, 9.17) is 4.74 Å². The summed E-state index contributed by atoms with van der Waals surface area (Å²) >= 11 is 1.37. The Balaban J connectivity index is 1.34. The Labute approximate surface area is 169 Å². The van der Waals surface area contributed by atoms with Crippen molar-refractivity contribution < 1.29 is 18.6 Å². The Morgan fingerprint density at radius 2 is 1.79 bits per heavy atom. The van der Waals surface area contributed by atoms with Gasteiger partial charge in [0.15, 0.2) is 6.10 Å². The van der Waals surface area contributed by atoms with Crippen molar-refractivity contribution in [1.82, 2.24) is 20.4 Å². The van der Waals surface area contributed by atoms with Crippen LogP contribution in [-0.2, 0) is 0 Å². The third-order valence-electron chi connectivity index (χ3n) is 5.82. The average molecular weight is 416 g/mol. The number of phenolic OH excluding ortho intramolecular Hbond substituents is 1. The monoisotopic (exact) mass is 416 g/mol. The number of alkyl halides is 2. The second-order valence-electron chi connectivity index (χ2n) is 7.54. The molecular weight excluding hydrogens is 398 g/mol. The summed E-state index contributed by atoms with van der Waals surface area (Å²) in [6, 6.07) is 8.24. The maximum Gasteiger partial charge on any atom is 0.233 e. The Morgan fingerprint density at radius 1 is 1.00 bits per heavy atom. The minimum Gasteiger partial charge on any atom is -0.507 e. The molecule has 2 fully saturated rings. The van der Waals surface area contributed by atoms with Crippen LogP contribution in [0.1, 0.15) is 19.3 Å². The number of ether oxygens (including phenoxy) is 1. The fraction of sp³-hybridized carbons (Fsp3) is 0.400. The van der Waals surface area contributed by atoms with Gasteiger partial charge in [0, 0.05) is 17.2 Å². The molecular formula is C20H18F2N4O2S. The molecule has 150 valence electrons. The van der Waals surface area contributed by atoms with Gasteiger partial charge in [-0.05, 0) is 49.3 Å². The van der Waals surface area contributed by atoms with Crippen molar-refractivity contribution >= 4 is 11.3 Å². The summed E-state index contributed by atoms with van der Waals surface area (Å²) in [5, 5.41) is 26.9. The first kappa shape index (κ1) is 18.4. The molecule has 0 aliphatic heterocycles. The van der Waals surface area contributed by atoms with Crippen molar-refractivity contribution in [1.29, 1.82) is 0 Å². The van der Waals surface area contributed by atoms with Gasteiger partial charge in [-0.15, -0.1) is 20.4 Å². The van der Waals surface area contributed by atoms with E-state index in [1.165, 1.54) is 17.4 Å². The maximum atomic E-state index is 14.6. The Hall–Kier alpha value is -2.68. The van der Waals surface area contributed by atoms with Gasteiger partial charge in [-0.1, -0.05) is 17.4 Å². The number of aromatic nitrogens is 4. The van der Waals surface area contributed by atoms with Gasteiger partial charge in [0.2, 0.25) is 5.88 Å². The molecule has 1 aromatic carbocycles. The van der Waals surface area contributed by atoms with Crippen molar-refractivity contribution in [2.24, 2.45) is 11.8 Å². The van der Waals surface area contributed by atoms with E-state index in [1.54, 1.807) is 29.8 Å². The van der Waals surface area contributed by atoms with Crippen LogP contribution in [0.4, 0.5) is 8.78 Å². The number of rotatable bonds is 4. The van der Waals surface area contributed by atoms with E-state index in [2.05, 4.69) is 20.4 Å². The lowest BCUT2D eigenvalue weighted by Gasteiger charge is -2.34. The van der Waals surface area contributed by atoms with E-state index in [0.29, 0.717) is 35.5 Å². The first-order chi connectivity index (χ1) is 14.1. The molecule has 9 heteroatoms. The van der Waals surface area contributed by atoms with Gasteiger partial charge < -0.3 is 9.84 Å². The minimum atomic E-state index is -1.33. The van der Waals surface area contributed by atoms with Gasteiger partial charge in [0.1, 0.15) is 28.6 Å². The molecule has 0 amide bonds. The van der Waals surface area contributed by atoms with Crippen LogP contribution >= 0.6 is 11.3 Å². The standard InChI is InChI=1S/C20H18F2N4O2S/c21-17-10-1-2-11(7-10)18(22)19(17)28-16-6-5-14(24-25-16)13-4-3-12(8-15(13)27)20-26-23-9-29-20/h3-6,8-11,17-19,27H,1-2,7H2/t10-,11+,17+,18-,19?. The molecule has 6 nitrogen and oxygen atoms in total. The number of hydrogen-bond donors (Lipinski definition) is 1. The summed E-state index contributed by atoms with van der Waals surface area (Å²) in [5.41, 5.74) is 3.28. The molecule has 3 aromatic rings. The van der Waals surface area contributed by atoms with Crippen LogP contribution in [0.25, 0.3) is 21.8 Å². The minimum absolute atomic E-state index is 0.0252. The van der Waals surface area contributed by atoms with Crippen LogP contribution in [0, 0.1) is 11.8 Å². The molecule has 29 heavy (non-hydrogen) atoms. The van der Waals surface area contributed by atoms with Crippen LogP contribution in [0.15, 0.2) is 35.8 Å². The number of aromatic hydroxyl groups is 1. The zero-order valence-corrected chi connectivity index (χ0v) is 16.1. The highest BCUT2D eigenvalue weighted by molar-refractivity contribution is 7.12. The predicted molar refractivity (Wildman–Crippen MR) is 103 cm³/mol. The molecule has 2 aromatic heterocycles. The van der Waals surface area contributed by atoms with Crippen molar-refractivity contribution in [3.8, 4) is 33.5 Å². The molecule has 2 saturated carbocycles. The normalized spacial score (nSPS) is 28.4. The molecule has 1 N–H and O–H groups in total. The largest absolute Gasteiger partial charge is 0.507 e. The molecule has 0 saturated heterocycles. The van der Waals surface area contributed by atoms with E-state index in [0.717, 1.165) is 5.56 Å². The van der Waals surface area contributed by atoms with Crippen LogP contribution in [0.5, 0.6) is 11.6 Å². The lowest BCUT2D eigenvalue weighted by Crippen LogP contribution is -2.47. The predicted octanol–water partition coefficient (Wildman–Crippen LogP) is 4.22. The van der Waals surface area contributed by atoms with E-state index >= 15 is 0 Å². The van der Waals surface area contributed by atoms with E-state index in [-0.39, 0.29) is 23.5 Å². The lowest BCUT2D eigenvalue weighted by atomic mass is 9.84. The lowest BCUT2D eigenvalue weighted by molar-refractivity contribution is -0.0384. The summed E-state index contributed by atoms with van der Waals surface area (Å²) in [4.78, 5) is 0. The highest BCUT2D eigenvalue weighted by Gasteiger charge is 2.50. The molecule has 5 rings (SSSR count). The second kappa shape index (κ2) is 7.29. The van der Waals surface area contributed by atoms with Crippen molar-refractivity contribution in [3.05, 3.63) is 35.8 Å². The number of nitrogens with zero attached hydrogens (tertiary/aromatic N) is 4. The summed E-state index contributed by atoms with van der Waals surface area (Å²) in [6.45, 7) is 0. The smallest absolute Gasteiger partial charge is 0.233 e. The Bertz CT molecular complexity index is 986. The van der Waals surface area contributed by atoms with Crippen LogP contribution < -0.4 is 4.74 Å².